The number of aliphatic hydroxyl groups excluding tert-OH is 1. The zero-order valence-electron chi connectivity index (χ0n) is 11.3. The molecule has 2 atom stereocenters. The molecule has 0 aliphatic carbocycles. The van der Waals surface area contributed by atoms with Gasteiger partial charge in [0.1, 0.15) is 0 Å². The first-order valence-electron chi connectivity index (χ1n) is 6.83. The molecule has 104 valence electrons. The summed E-state index contributed by atoms with van der Waals surface area (Å²) in [5.41, 5.74) is 0. The topological polar surface area (TPSA) is 69.6 Å². The van der Waals surface area contributed by atoms with E-state index in [0.717, 1.165) is 32.1 Å². The summed E-state index contributed by atoms with van der Waals surface area (Å²) in [5, 5.41) is 12.1. The van der Waals surface area contributed by atoms with Crippen molar-refractivity contribution in [2.45, 2.75) is 52.2 Å². The molecule has 0 spiro atoms. The maximum Gasteiger partial charge on any atom is 0.272 e. The minimum Gasteiger partial charge on any atom is -0.365 e. The smallest absolute Gasteiger partial charge is 0.272 e. The molecule has 18 heavy (non-hydrogen) atoms. The van der Waals surface area contributed by atoms with Crippen LogP contribution in [0.3, 0.4) is 0 Å². The lowest BCUT2D eigenvalue weighted by Gasteiger charge is -2.21. The Morgan fingerprint density at radius 1 is 1.33 bits per heavy atom. The highest BCUT2D eigenvalue weighted by Crippen LogP contribution is 2.10. The van der Waals surface area contributed by atoms with Gasteiger partial charge >= 0.3 is 0 Å². The van der Waals surface area contributed by atoms with Crippen molar-refractivity contribution in [3.8, 4) is 0 Å². The third kappa shape index (κ3) is 4.29. The van der Waals surface area contributed by atoms with E-state index in [1.165, 1.54) is 0 Å². The number of unbranched alkanes of at least 4 members (excludes halogenated alkanes) is 1. The summed E-state index contributed by atoms with van der Waals surface area (Å²) in [6, 6.07) is 0. The summed E-state index contributed by atoms with van der Waals surface area (Å²) in [6.45, 7) is 5.24. The van der Waals surface area contributed by atoms with Crippen LogP contribution < -0.4 is 5.32 Å². The van der Waals surface area contributed by atoms with Crippen molar-refractivity contribution in [2.75, 3.05) is 13.1 Å². The van der Waals surface area contributed by atoms with Crippen LogP contribution >= 0.6 is 0 Å². The van der Waals surface area contributed by atoms with Gasteiger partial charge in [-0.3, -0.25) is 9.59 Å². The van der Waals surface area contributed by atoms with E-state index >= 15 is 0 Å². The third-order valence-corrected chi connectivity index (χ3v) is 3.37. The van der Waals surface area contributed by atoms with E-state index in [-0.39, 0.29) is 17.7 Å². The molecule has 0 radical (unpaired) electrons. The highest BCUT2D eigenvalue weighted by molar-refractivity contribution is 5.87. The van der Waals surface area contributed by atoms with Gasteiger partial charge in [0, 0.05) is 19.0 Å². The predicted molar refractivity (Wildman–Crippen MR) is 68.7 cm³/mol. The second-order valence-electron chi connectivity index (χ2n) is 4.99. The van der Waals surface area contributed by atoms with Gasteiger partial charge in [-0.25, -0.2) is 0 Å². The number of carbonyl (C=O) groups excluding carboxylic acids is 2. The Balaban J connectivity index is 2.35. The Morgan fingerprint density at radius 3 is 2.50 bits per heavy atom. The number of rotatable bonds is 6. The van der Waals surface area contributed by atoms with Crippen molar-refractivity contribution >= 4 is 11.8 Å². The van der Waals surface area contributed by atoms with Crippen LogP contribution in [0, 0.1) is 5.92 Å². The first-order valence-corrected chi connectivity index (χ1v) is 6.83. The number of hydrogen-bond donors (Lipinski definition) is 2. The first kappa shape index (κ1) is 15.0. The Morgan fingerprint density at radius 2 is 1.94 bits per heavy atom. The lowest BCUT2D eigenvalue weighted by Crippen LogP contribution is -2.48. The number of nitrogens with one attached hydrogen (secondary N) is 1. The molecule has 0 saturated carbocycles. The Hall–Kier alpha value is -1.10. The van der Waals surface area contributed by atoms with Gasteiger partial charge in [-0.1, -0.05) is 26.7 Å². The number of aliphatic hydroxyl groups is 1. The monoisotopic (exact) mass is 256 g/mol. The largest absolute Gasteiger partial charge is 0.365 e. The highest BCUT2D eigenvalue weighted by atomic mass is 16.3. The van der Waals surface area contributed by atoms with Crippen LogP contribution in [0.25, 0.3) is 0 Å². The van der Waals surface area contributed by atoms with Crippen molar-refractivity contribution in [1.82, 2.24) is 10.2 Å². The van der Waals surface area contributed by atoms with Crippen LogP contribution in [-0.2, 0) is 9.59 Å². The van der Waals surface area contributed by atoms with Gasteiger partial charge in [0.05, 0.1) is 0 Å². The zero-order valence-corrected chi connectivity index (χ0v) is 11.3. The van der Waals surface area contributed by atoms with Gasteiger partial charge in [0.15, 0.2) is 0 Å². The number of nitrogens with zero attached hydrogens (tertiary/aromatic N) is 1. The summed E-state index contributed by atoms with van der Waals surface area (Å²) >= 11 is 0. The van der Waals surface area contributed by atoms with Crippen LogP contribution in [0.5, 0.6) is 0 Å². The molecule has 1 saturated heterocycles. The number of hydrogen-bond acceptors (Lipinski definition) is 3. The summed E-state index contributed by atoms with van der Waals surface area (Å²) in [7, 11) is 0. The molecule has 5 heteroatoms. The maximum atomic E-state index is 11.8. The number of carbonyl (C=O) groups is 2. The van der Waals surface area contributed by atoms with Gasteiger partial charge in [0.25, 0.3) is 5.91 Å². The third-order valence-electron chi connectivity index (χ3n) is 3.37. The molecule has 2 amide bonds. The van der Waals surface area contributed by atoms with Crippen LogP contribution in [0.2, 0.25) is 0 Å². The van der Waals surface area contributed by atoms with Crippen LogP contribution in [0.15, 0.2) is 0 Å². The van der Waals surface area contributed by atoms with E-state index in [9.17, 15) is 14.7 Å². The summed E-state index contributed by atoms with van der Waals surface area (Å²) < 4.78 is 0. The molecule has 1 aliphatic rings. The zero-order chi connectivity index (χ0) is 13.5. The van der Waals surface area contributed by atoms with Crippen molar-refractivity contribution in [2.24, 2.45) is 5.92 Å². The molecule has 1 rings (SSSR count). The molecule has 0 unspecified atom stereocenters. The fraction of sp³-hybridized carbons (Fsp3) is 0.846. The van der Waals surface area contributed by atoms with Gasteiger partial charge < -0.3 is 15.3 Å². The van der Waals surface area contributed by atoms with E-state index in [1.807, 2.05) is 6.92 Å². The van der Waals surface area contributed by atoms with E-state index in [1.54, 1.807) is 4.90 Å². The molecule has 5 nitrogen and oxygen atoms in total. The minimum absolute atomic E-state index is 0.161. The maximum absolute atomic E-state index is 11.8. The van der Waals surface area contributed by atoms with Crippen LogP contribution in [0.4, 0.5) is 0 Å². The van der Waals surface area contributed by atoms with Crippen molar-refractivity contribution in [1.29, 1.82) is 0 Å². The van der Waals surface area contributed by atoms with Gasteiger partial charge in [-0.2, -0.15) is 0 Å². The number of likely N-dealkylation sites (tertiary alicyclic amines) is 1. The molecule has 0 aromatic rings. The Kier molecular flexibility index (Phi) is 6.12. The van der Waals surface area contributed by atoms with E-state index in [2.05, 4.69) is 12.2 Å². The summed E-state index contributed by atoms with van der Waals surface area (Å²) in [5.74, 6) is -0.794. The summed E-state index contributed by atoms with van der Waals surface area (Å²) in [6.07, 6.45) is 3.35. The van der Waals surface area contributed by atoms with Crippen molar-refractivity contribution in [3.05, 3.63) is 0 Å². The van der Waals surface area contributed by atoms with Crippen molar-refractivity contribution in [3.63, 3.8) is 0 Å². The normalized spacial score (nSPS) is 18.5. The van der Waals surface area contributed by atoms with E-state index in [0.29, 0.717) is 13.1 Å². The standard InChI is InChI=1S/C13H24N2O3/c1-3-4-7-10(2)11(16)14-12(17)13(18)15-8-5-6-9-15/h10,12,17H,3-9H2,1-2H3,(H,14,16)/t10-,12-/m0/s1. The molecule has 1 fully saturated rings. The second-order valence-corrected chi connectivity index (χ2v) is 4.99. The van der Waals surface area contributed by atoms with Crippen LogP contribution in [-0.4, -0.2) is 41.1 Å². The quantitative estimate of drug-likeness (QED) is 0.693. The molecule has 1 heterocycles. The predicted octanol–water partition coefficient (Wildman–Crippen LogP) is 0.870. The van der Waals surface area contributed by atoms with Crippen molar-refractivity contribution < 1.29 is 14.7 Å². The fourth-order valence-electron chi connectivity index (χ4n) is 2.09. The molecule has 2 N–H and O–H groups in total. The summed E-state index contributed by atoms with van der Waals surface area (Å²) in [4.78, 5) is 25.1. The van der Waals surface area contributed by atoms with Gasteiger partial charge in [-0.05, 0) is 19.3 Å². The molecule has 0 aromatic carbocycles. The second kappa shape index (κ2) is 7.36. The fourth-order valence-corrected chi connectivity index (χ4v) is 2.09. The van der Waals surface area contributed by atoms with Gasteiger partial charge in [-0.15, -0.1) is 0 Å². The first-order chi connectivity index (χ1) is 8.56. The lowest BCUT2D eigenvalue weighted by molar-refractivity contribution is -0.145. The molecular formula is C13H24N2O3. The average molecular weight is 256 g/mol. The lowest BCUT2D eigenvalue weighted by atomic mass is 10.0. The minimum atomic E-state index is -1.39. The Labute approximate surface area is 109 Å². The average Bonchev–Trinajstić information content (AvgIpc) is 2.88. The SMILES string of the molecule is CCCC[C@H](C)C(=O)N[C@@H](O)C(=O)N1CCCC1. The molecular weight excluding hydrogens is 232 g/mol. The Bertz CT molecular complexity index is 288. The van der Waals surface area contributed by atoms with E-state index < -0.39 is 6.23 Å². The van der Waals surface area contributed by atoms with Gasteiger partial charge in [0.2, 0.25) is 12.1 Å². The van der Waals surface area contributed by atoms with Crippen LogP contribution in [0.1, 0.15) is 46.0 Å². The van der Waals surface area contributed by atoms with E-state index in [4.69, 9.17) is 0 Å². The number of amides is 2. The molecule has 0 bridgehead atoms. The molecule has 0 aromatic heterocycles. The molecule has 1 aliphatic heterocycles. The highest BCUT2D eigenvalue weighted by Gasteiger charge is 2.26.